The van der Waals surface area contributed by atoms with Crippen LogP contribution in [0, 0.1) is 17.5 Å². The molecule has 2 N–H and O–H groups in total. The standard InChI is InChI=1S/C14H11ClF3N/c15-11-3-1-2-8(14(11)18)6-13(19)10-5-4-9(16)7-12(10)17/h1-5,7,13H,6,19H2. The van der Waals surface area contributed by atoms with Crippen molar-refractivity contribution in [2.75, 3.05) is 0 Å². The minimum absolute atomic E-state index is 0.00993. The van der Waals surface area contributed by atoms with Gasteiger partial charge in [-0.3, -0.25) is 0 Å². The number of hydrogen-bond acceptors (Lipinski definition) is 1. The maximum absolute atomic E-state index is 13.7. The van der Waals surface area contributed by atoms with E-state index in [-0.39, 0.29) is 17.0 Å². The third kappa shape index (κ3) is 3.08. The molecule has 1 unspecified atom stereocenters. The second-order valence-corrected chi connectivity index (χ2v) is 4.60. The Morgan fingerprint density at radius 3 is 2.53 bits per heavy atom. The fourth-order valence-corrected chi connectivity index (χ4v) is 2.05. The fraction of sp³-hybridized carbons (Fsp3) is 0.143. The molecule has 19 heavy (non-hydrogen) atoms. The van der Waals surface area contributed by atoms with Gasteiger partial charge in [0.1, 0.15) is 17.5 Å². The van der Waals surface area contributed by atoms with Crippen molar-refractivity contribution in [3.8, 4) is 0 Å². The molecule has 2 rings (SSSR count). The van der Waals surface area contributed by atoms with Gasteiger partial charge in [0.2, 0.25) is 0 Å². The average Bonchev–Trinajstić information content (AvgIpc) is 2.34. The molecule has 0 radical (unpaired) electrons. The van der Waals surface area contributed by atoms with Gasteiger partial charge in [-0.25, -0.2) is 13.2 Å². The molecule has 0 aliphatic rings. The second kappa shape index (κ2) is 5.63. The van der Waals surface area contributed by atoms with Crippen LogP contribution in [-0.4, -0.2) is 0 Å². The Kier molecular flexibility index (Phi) is 4.12. The van der Waals surface area contributed by atoms with E-state index in [1.807, 2.05) is 0 Å². The van der Waals surface area contributed by atoms with Gasteiger partial charge in [0.05, 0.1) is 5.02 Å². The zero-order valence-corrected chi connectivity index (χ0v) is 10.6. The number of nitrogens with two attached hydrogens (primary N) is 1. The summed E-state index contributed by atoms with van der Waals surface area (Å²) in [7, 11) is 0. The Labute approximate surface area is 113 Å². The number of hydrogen-bond donors (Lipinski definition) is 1. The van der Waals surface area contributed by atoms with Gasteiger partial charge < -0.3 is 5.73 Å². The van der Waals surface area contributed by atoms with E-state index in [1.165, 1.54) is 18.2 Å². The van der Waals surface area contributed by atoms with Crippen LogP contribution in [0.4, 0.5) is 13.2 Å². The lowest BCUT2D eigenvalue weighted by Crippen LogP contribution is -2.16. The Morgan fingerprint density at radius 2 is 1.84 bits per heavy atom. The van der Waals surface area contributed by atoms with Gasteiger partial charge in [-0.2, -0.15) is 0 Å². The van der Waals surface area contributed by atoms with E-state index in [1.54, 1.807) is 6.07 Å². The average molecular weight is 286 g/mol. The third-order valence-corrected chi connectivity index (χ3v) is 3.13. The summed E-state index contributed by atoms with van der Waals surface area (Å²) in [5.41, 5.74) is 6.26. The molecule has 2 aromatic carbocycles. The van der Waals surface area contributed by atoms with Gasteiger partial charge in [-0.15, -0.1) is 0 Å². The minimum Gasteiger partial charge on any atom is -0.324 e. The summed E-state index contributed by atoms with van der Waals surface area (Å²) in [6, 6.07) is 6.91. The summed E-state index contributed by atoms with van der Waals surface area (Å²) in [6.07, 6.45) is 0.0783. The lowest BCUT2D eigenvalue weighted by molar-refractivity contribution is 0.546. The molecule has 0 saturated heterocycles. The number of rotatable bonds is 3. The van der Waals surface area contributed by atoms with Crippen LogP contribution in [0.25, 0.3) is 0 Å². The Bertz CT molecular complexity index is 601. The molecule has 0 spiro atoms. The number of benzene rings is 2. The molecular weight excluding hydrogens is 275 g/mol. The first-order chi connectivity index (χ1) is 8.99. The molecule has 1 nitrogen and oxygen atoms in total. The van der Waals surface area contributed by atoms with Crippen LogP contribution in [0.15, 0.2) is 36.4 Å². The molecule has 0 bridgehead atoms. The first-order valence-electron chi connectivity index (χ1n) is 5.62. The highest BCUT2D eigenvalue weighted by atomic mass is 35.5. The predicted molar refractivity (Wildman–Crippen MR) is 68.4 cm³/mol. The van der Waals surface area contributed by atoms with Gasteiger partial charge >= 0.3 is 0 Å². The van der Waals surface area contributed by atoms with Gasteiger partial charge in [0.15, 0.2) is 0 Å². The Balaban J connectivity index is 2.25. The second-order valence-electron chi connectivity index (χ2n) is 4.19. The van der Waals surface area contributed by atoms with Crippen LogP contribution in [0.1, 0.15) is 17.2 Å². The summed E-state index contributed by atoms with van der Waals surface area (Å²) in [5.74, 6) is -1.99. The molecule has 0 aliphatic carbocycles. The lowest BCUT2D eigenvalue weighted by Gasteiger charge is -2.14. The molecular formula is C14H11ClF3N. The quantitative estimate of drug-likeness (QED) is 0.906. The fourth-order valence-electron chi connectivity index (χ4n) is 1.86. The van der Waals surface area contributed by atoms with E-state index in [4.69, 9.17) is 17.3 Å². The highest BCUT2D eigenvalue weighted by Gasteiger charge is 2.15. The van der Waals surface area contributed by atoms with E-state index < -0.39 is 23.5 Å². The van der Waals surface area contributed by atoms with E-state index in [0.29, 0.717) is 5.56 Å². The van der Waals surface area contributed by atoms with E-state index >= 15 is 0 Å². The third-order valence-electron chi connectivity index (χ3n) is 2.83. The summed E-state index contributed by atoms with van der Waals surface area (Å²) in [4.78, 5) is 0. The zero-order chi connectivity index (χ0) is 14.0. The molecule has 1 atom stereocenters. The highest BCUT2D eigenvalue weighted by molar-refractivity contribution is 6.30. The van der Waals surface area contributed by atoms with Crippen molar-refractivity contribution < 1.29 is 13.2 Å². The molecule has 0 fully saturated rings. The minimum atomic E-state index is -0.770. The molecule has 0 aromatic heterocycles. The molecule has 0 aliphatic heterocycles. The van der Waals surface area contributed by atoms with E-state index in [2.05, 4.69) is 0 Å². The Morgan fingerprint density at radius 1 is 1.11 bits per heavy atom. The Hall–Kier alpha value is -1.52. The summed E-state index contributed by atoms with van der Waals surface area (Å²) in [5, 5.41) is -0.00993. The van der Waals surface area contributed by atoms with Crippen LogP contribution in [0.3, 0.4) is 0 Å². The van der Waals surface area contributed by atoms with Gasteiger partial charge in [0, 0.05) is 17.7 Å². The van der Waals surface area contributed by atoms with Crippen molar-refractivity contribution >= 4 is 11.6 Å². The molecule has 0 saturated carbocycles. The van der Waals surface area contributed by atoms with Crippen LogP contribution < -0.4 is 5.73 Å². The normalized spacial score (nSPS) is 12.5. The highest BCUT2D eigenvalue weighted by Crippen LogP contribution is 2.24. The van der Waals surface area contributed by atoms with Crippen molar-refractivity contribution in [2.24, 2.45) is 5.73 Å². The maximum atomic E-state index is 13.7. The predicted octanol–water partition coefficient (Wildman–Crippen LogP) is 4.00. The molecule has 2 aromatic rings. The van der Waals surface area contributed by atoms with Crippen molar-refractivity contribution in [3.05, 3.63) is 70.0 Å². The summed E-state index contributed by atoms with van der Waals surface area (Å²) >= 11 is 5.66. The first kappa shape index (κ1) is 13.9. The zero-order valence-electron chi connectivity index (χ0n) is 9.84. The molecule has 100 valence electrons. The van der Waals surface area contributed by atoms with Crippen molar-refractivity contribution in [2.45, 2.75) is 12.5 Å². The van der Waals surface area contributed by atoms with Gasteiger partial charge in [-0.05, 0) is 24.1 Å². The smallest absolute Gasteiger partial charge is 0.145 e. The van der Waals surface area contributed by atoms with Gasteiger partial charge in [-0.1, -0.05) is 29.8 Å². The van der Waals surface area contributed by atoms with Crippen LogP contribution >= 0.6 is 11.6 Å². The van der Waals surface area contributed by atoms with Gasteiger partial charge in [0.25, 0.3) is 0 Å². The first-order valence-corrected chi connectivity index (χ1v) is 6.00. The largest absolute Gasteiger partial charge is 0.324 e. The molecule has 0 heterocycles. The van der Waals surface area contributed by atoms with Crippen molar-refractivity contribution in [1.29, 1.82) is 0 Å². The summed E-state index contributed by atoms with van der Waals surface area (Å²) in [6.45, 7) is 0. The maximum Gasteiger partial charge on any atom is 0.145 e. The van der Waals surface area contributed by atoms with Crippen LogP contribution in [-0.2, 0) is 6.42 Å². The lowest BCUT2D eigenvalue weighted by atomic mass is 9.99. The van der Waals surface area contributed by atoms with Crippen molar-refractivity contribution in [1.82, 2.24) is 0 Å². The van der Waals surface area contributed by atoms with Crippen LogP contribution in [0.2, 0.25) is 5.02 Å². The molecule has 0 amide bonds. The van der Waals surface area contributed by atoms with E-state index in [0.717, 1.165) is 12.1 Å². The van der Waals surface area contributed by atoms with Crippen molar-refractivity contribution in [3.63, 3.8) is 0 Å². The summed E-state index contributed by atoms with van der Waals surface area (Å²) < 4.78 is 40.0. The molecule has 5 heteroatoms. The van der Waals surface area contributed by atoms with Crippen LogP contribution in [0.5, 0.6) is 0 Å². The number of halogens is 4. The SMILES string of the molecule is NC(Cc1cccc(Cl)c1F)c1ccc(F)cc1F. The van der Waals surface area contributed by atoms with E-state index in [9.17, 15) is 13.2 Å². The topological polar surface area (TPSA) is 26.0 Å². The monoisotopic (exact) mass is 285 g/mol.